The van der Waals surface area contributed by atoms with Crippen LogP contribution >= 0.6 is 0 Å². The molecule has 0 radical (unpaired) electrons. The summed E-state index contributed by atoms with van der Waals surface area (Å²) in [6.45, 7) is 2.76. The van der Waals surface area contributed by atoms with Crippen LogP contribution in [-0.2, 0) is 14.8 Å². The van der Waals surface area contributed by atoms with Crippen molar-refractivity contribution in [3.05, 3.63) is 24.0 Å². The Hall–Kier alpha value is -1.18. The van der Waals surface area contributed by atoms with Crippen molar-refractivity contribution >= 4 is 15.7 Å². The monoisotopic (exact) mass is 288 g/mol. The molecule has 1 fully saturated rings. The van der Waals surface area contributed by atoms with Crippen molar-refractivity contribution in [1.82, 2.24) is 4.72 Å². The average Bonchev–Trinajstić information content (AvgIpc) is 2.31. The van der Waals surface area contributed by atoms with Gasteiger partial charge in [0.15, 0.2) is 0 Å². The highest BCUT2D eigenvalue weighted by Crippen LogP contribution is 2.24. The molecule has 19 heavy (non-hydrogen) atoms. The predicted molar refractivity (Wildman–Crippen MR) is 69.6 cm³/mol. The largest absolute Gasteiger partial charge is 0.399 e. The Morgan fingerprint density at radius 1 is 1.37 bits per heavy atom. The van der Waals surface area contributed by atoms with Crippen molar-refractivity contribution in [2.75, 3.05) is 18.9 Å². The highest BCUT2D eigenvalue weighted by atomic mass is 32.2. The van der Waals surface area contributed by atoms with Gasteiger partial charge in [0.25, 0.3) is 0 Å². The maximum absolute atomic E-state index is 13.6. The zero-order valence-electron chi connectivity index (χ0n) is 10.6. The molecule has 7 heteroatoms. The number of rotatable bonds is 3. The molecule has 1 aromatic carbocycles. The zero-order chi connectivity index (χ0) is 14.1. The summed E-state index contributed by atoms with van der Waals surface area (Å²) < 4.78 is 45.9. The smallest absolute Gasteiger partial charge is 0.244 e. The van der Waals surface area contributed by atoms with E-state index in [-0.39, 0.29) is 5.69 Å². The maximum atomic E-state index is 13.6. The van der Waals surface area contributed by atoms with E-state index in [9.17, 15) is 12.8 Å². The Labute approximate surface area is 112 Å². The summed E-state index contributed by atoms with van der Waals surface area (Å²) in [7, 11) is -3.93. The van der Waals surface area contributed by atoms with Gasteiger partial charge in [-0.05, 0) is 38.0 Å². The fourth-order valence-corrected chi connectivity index (χ4v) is 3.61. The van der Waals surface area contributed by atoms with E-state index < -0.39 is 26.3 Å². The van der Waals surface area contributed by atoms with E-state index in [0.29, 0.717) is 26.1 Å². The molecule has 0 aliphatic carbocycles. The lowest BCUT2D eigenvalue weighted by atomic mass is 9.94. The minimum Gasteiger partial charge on any atom is -0.399 e. The second kappa shape index (κ2) is 5.07. The van der Waals surface area contributed by atoms with Crippen LogP contribution in [-0.4, -0.2) is 27.2 Å². The van der Waals surface area contributed by atoms with Gasteiger partial charge in [-0.1, -0.05) is 0 Å². The van der Waals surface area contributed by atoms with Crippen molar-refractivity contribution in [3.63, 3.8) is 0 Å². The molecular formula is C12H17FN2O3S. The maximum Gasteiger partial charge on any atom is 0.244 e. The molecule has 0 spiro atoms. The minimum absolute atomic E-state index is 0.207. The number of nitrogens with one attached hydrogen (secondary N) is 1. The summed E-state index contributed by atoms with van der Waals surface area (Å²) >= 11 is 0. The molecule has 0 unspecified atom stereocenters. The Bertz CT molecular complexity index is 568. The topological polar surface area (TPSA) is 81.4 Å². The first-order chi connectivity index (χ1) is 8.82. The highest BCUT2D eigenvalue weighted by molar-refractivity contribution is 7.89. The molecular weight excluding hydrogens is 271 g/mol. The van der Waals surface area contributed by atoms with Crippen LogP contribution < -0.4 is 10.5 Å². The van der Waals surface area contributed by atoms with Crippen molar-refractivity contribution in [3.8, 4) is 0 Å². The van der Waals surface area contributed by atoms with Crippen LogP contribution in [0.3, 0.4) is 0 Å². The van der Waals surface area contributed by atoms with Gasteiger partial charge in [0.1, 0.15) is 10.7 Å². The quantitative estimate of drug-likeness (QED) is 0.820. The molecule has 0 saturated carbocycles. The van der Waals surface area contributed by atoms with Crippen LogP contribution in [0, 0.1) is 5.82 Å². The van der Waals surface area contributed by atoms with Crippen molar-refractivity contribution in [2.24, 2.45) is 0 Å². The molecule has 5 nitrogen and oxygen atoms in total. The number of nitrogens with two attached hydrogens (primary N) is 1. The molecule has 1 heterocycles. The zero-order valence-corrected chi connectivity index (χ0v) is 11.5. The lowest BCUT2D eigenvalue weighted by Crippen LogP contribution is -2.49. The standard InChI is InChI=1S/C12H17FN2O3S/c1-12(4-6-18-7-5-12)15-19(16,17)11-8-9(14)2-3-10(11)13/h2-3,8,15H,4-7,14H2,1H3. The van der Waals surface area contributed by atoms with Gasteiger partial charge in [-0.25, -0.2) is 17.5 Å². The van der Waals surface area contributed by atoms with E-state index in [1.54, 1.807) is 6.92 Å². The van der Waals surface area contributed by atoms with Crippen LogP contribution in [0.5, 0.6) is 0 Å². The molecule has 2 rings (SSSR count). The van der Waals surface area contributed by atoms with Crippen LogP contribution in [0.25, 0.3) is 0 Å². The Balaban J connectivity index is 2.29. The van der Waals surface area contributed by atoms with E-state index >= 15 is 0 Å². The van der Waals surface area contributed by atoms with Gasteiger partial charge in [-0.3, -0.25) is 0 Å². The molecule has 0 bridgehead atoms. The van der Waals surface area contributed by atoms with Crippen LogP contribution in [0.4, 0.5) is 10.1 Å². The summed E-state index contributed by atoms with van der Waals surface area (Å²) in [5.74, 6) is -0.808. The lowest BCUT2D eigenvalue weighted by molar-refractivity contribution is 0.0537. The summed E-state index contributed by atoms with van der Waals surface area (Å²) in [6, 6.07) is 3.50. The number of hydrogen-bond donors (Lipinski definition) is 2. The average molecular weight is 288 g/mol. The van der Waals surface area contributed by atoms with E-state index in [1.807, 2.05) is 0 Å². The van der Waals surface area contributed by atoms with Crippen LogP contribution in [0.15, 0.2) is 23.1 Å². The minimum atomic E-state index is -3.93. The van der Waals surface area contributed by atoms with Gasteiger partial charge in [0.05, 0.1) is 0 Å². The number of hydrogen-bond acceptors (Lipinski definition) is 4. The summed E-state index contributed by atoms with van der Waals surface area (Å²) in [4.78, 5) is -0.416. The first kappa shape index (κ1) is 14.2. The Morgan fingerprint density at radius 2 is 2.00 bits per heavy atom. The van der Waals surface area contributed by atoms with E-state index in [1.165, 1.54) is 6.07 Å². The summed E-state index contributed by atoms with van der Waals surface area (Å²) in [5, 5.41) is 0. The van der Waals surface area contributed by atoms with Gasteiger partial charge in [0, 0.05) is 24.4 Å². The van der Waals surface area contributed by atoms with E-state index in [2.05, 4.69) is 4.72 Å². The first-order valence-electron chi connectivity index (χ1n) is 5.99. The van der Waals surface area contributed by atoms with E-state index in [4.69, 9.17) is 10.5 Å². The molecule has 0 amide bonds. The number of nitrogen functional groups attached to an aromatic ring is 1. The van der Waals surface area contributed by atoms with Crippen molar-refractivity contribution < 1.29 is 17.5 Å². The Morgan fingerprint density at radius 3 is 2.63 bits per heavy atom. The fraction of sp³-hybridized carbons (Fsp3) is 0.500. The normalized spacial score (nSPS) is 19.3. The number of sulfonamides is 1. The summed E-state index contributed by atoms with van der Waals surface area (Å²) in [6.07, 6.45) is 1.10. The van der Waals surface area contributed by atoms with E-state index in [0.717, 1.165) is 12.1 Å². The fourth-order valence-electron chi connectivity index (χ4n) is 2.03. The van der Waals surface area contributed by atoms with Crippen LogP contribution in [0.2, 0.25) is 0 Å². The number of benzene rings is 1. The Kier molecular flexibility index (Phi) is 3.80. The van der Waals surface area contributed by atoms with Crippen LogP contribution in [0.1, 0.15) is 19.8 Å². The second-order valence-corrected chi connectivity index (χ2v) is 6.62. The molecule has 0 atom stereocenters. The summed E-state index contributed by atoms with van der Waals surface area (Å²) in [5.41, 5.74) is 5.10. The number of ether oxygens (including phenoxy) is 1. The highest BCUT2D eigenvalue weighted by Gasteiger charge is 2.33. The predicted octanol–water partition coefficient (Wildman–Crippen LogP) is 1.26. The van der Waals surface area contributed by atoms with Gasteiger partial charge >= 0.3 is 0 Å². The third-order valence-corrected chi connectivity index (χ3v) is 4.88. The number of anilines is 1. The SMILES string of the molecule is CC1(NS(=O)(=O)c2cc(N)ccc2F)CCOCC1. The van der Waals surface area contributed by atoms with Crippen molar-refractivity contribution in [2.45, 2.75) is 30.2 Å². The third kappa shape index (κ3) is 3.23. The lowest BCUT2D eigenvalue weighted by Gasteiger charge is -2.34. The number of halogens is 1. The first-order valence-corrected chi connectivity index (χ1v) is 7.47. The molecule has 106 valence electrons. The second-order valence-electron chi connectivity index (χ2n) is 4.97. The molecule has 1 aliphatic rings. The molecule has 0 aromatic heterocycles. The molecule has 1 aliphatic heterocycles. The molecule has 3 N–H and O–H groups in total. The van der Waals surface area contributed by atoms with Crippen molar-refractivity contribution in [1.29, 1.82) is 0 Å². The van der Waals surface area contributed by atoms with Gasteiger partial charge in [0.2, 0.25) is 10.0 Å². The molecule has 1 aromatic rings. The van der Waals surface area contributed by atoms with Gasteiger partial charge < -0.3 is 10.5 Å². The van der Waals surface area contributed by atoms with Gasteiger partial charge in [-0.2, -0.15) is 0 Å². The van der Waals surface area contributed by atoms with Gasteiger partial charge in [-0.15, -0.1) is 0 Å². The third-order valence-electron chi connectivity index (χ3n) is 3.22. The molecule has 1 saturated heterocycles.